The zero-order valence-corrected chi connectivity index (χ0v) is 16.0. The molecular weight excluding hydrogens is 381 g/mol. The number of hydrogen-bond donors (Lipinski definition) is 1. The van der Waals surface area contributed by atoms with Gasteiger partial charge in [-0.3, -0.25) is 4.98 Å². The molecule has 0 spiro atoms. The summed E-state index contributed by atoms with van der Waals surface area (Å²) in [6.45, 7) is 1.20. The molecule has 4 nitrogen and oxygen atoms in total. The molecule has 2 heterocycles. The molecule has 136 valence electrons. The molecule has 2 aromatic carbocycles. The number of nitriles is 1. The summed E-state index contributed by atoms with van der Waals surface area (Å²) < 4.78 is 0. The number of aliphatic hydroxyl groups is 1. The second-order valence-corrected chi connectivity index (χ2v) is 7.64. The van der Waals surface area contributed by atoms with E-state index in [-0.39, 0.29) is 0 Å². The number of aromatic nitrogens is 1. The van der Waals surface area contributed by atoms with Crippen LogP contribution in [0.1, 0.15) is 24.0 Å². The zero-order valence-electron chi connectivity index (χ0n) is 14.5. The predicted molar refractivity (Wildman–Crippen MR) is 108 cm³/mol. The van der Waals surface area contributed by atoms with Crippen molar-refractivity contribution in [3.8, 4) is 6.07 Å². The van der Waals surface area contributed by atoms with Crippen LogP contribution in [0.4, 0.5) is 5.69 Å². The molecule has 1 saturated heterocycles. The number of anilines is 1. The van der Waals surface area contributed by atoms with Crippen LogP contribution in [0.3, 0.4) is 0 Å². The largest absolute Gasteiger partial charge is 0.385 e. The van der Waals surface area contributed by atoms with E-state index in [1.165, 1.54) is 0 Å². The molecule has 0 bridgehead atoms. The highest BCUT2D eigenvalue weighted by atomic mass is 35.5. The van der Waals surface area contributed by atoms with Crippen LogP contribution in [0, 0.1) is 11.3 Å². The first-order valence-electron chi connectivity index (χ1n) is 8.72. The molecule has 0 saturated carbocycles. The predicted octanol–water partition coefficient (Wildman–Crippen LogP) is 4.90. The van der Waals surface area contributed by atoms with Gasteiger partial charge in [0, 0.05) is 40.3 Å². The maximum atomic E-state index is 11.2. The van der Waals surface area contributed by atoms with Crippen molar-refractivity contribution in [3.05, 3.63) is 69.8 Å². The van der Waals surface area contributed by atoms with Gasteiger partial charge < -0.3 is 10.0 Å². The molecule has 1 aromatic heterocycles. The summed E-state index contributed by atoms with van der Waals surface area (Å²) >= 11 is 12.5. The Morgan fingerprint density at radius 3 is 2.56 bits per heavy atom. The third kappa shape index (κ3) is 3.23. The van der Waals surface area contributed by atoms with Gasteiger partial charge in [0.15, 0.2) is 0 Å². The van der Waals surface area contributed by atoms with Crippen LogP contribution in [0.2, 0.25) is 10.0 Å². The summed E-state index contributed by atoms with van der Waals surface area (Å²) in [6.07, 6.45) is 2.64. The first kappa shape index (κ1) is 18.1. The fourth-order valence-corrected chi connectivity index (χ4v) is 4.27. The van der Waals surface area contributed by atoms with Crippen LogP contribution in [-0.4, -0.2) is 23.2 Å². The molecular formula is C21H17Cl2N3O. The maximum Gasteiger partial charge on any atom is 0.103 e. The first-order chi connectivity index (χ1) is 13.0. The number of halogens is 2. The number of hydrogen-bond acceptors (Lipinski definition) is 4. The van der Waals surface area contributed by atoms with Gasteiger partial charge in [0.25, 0.3) is 0 Å². The Hall–Kier alpha value is -2.32. The van der Waals surface area contributed by atoms with Crippen molar-refractivity contribution in [1.29, 1.82) is 5.26 Å². The average molecular weight is 398 g/mol. The van der Waals surface area contributed by atoms with E-state index in [1.807, 2.05) is 30.3 Å². The van der Waals surface area contributed by atoms with E-state index < -0.39 is 5.60 Å². The zero-order chi connectivity index (χ0) is 19.0. The van der Waals surface area contributed by atoms with Crippen molar-refractivity contribution in [3.63, 3.8) is 0 Å². The smallest absolute Gasteiger partial charge is 0.103 e. The quantitative estimate of drug-likeness (QED) is 0.667. The standard InChI is InChI=1S/C21H17Cl2N3O/c22-15-5-6-19-16(11-15)20(14(12-24)13-25-19)26-9-7-21(27,8-10-26)17-3-1-2-4-18(17)23/h1-6,11,13,27H,7-10H2. The molecule has 27 heavy (non-hydrogen) atoms. The summed E-state index contributed by atoms with van der Waals surface area (Å²) in [6, 6.07) is 15.1. The summed E-state index contributed by atoms with van der Waals surface area (Å²) in [5.41, 5.74) is 1.91. The molecule has 1 aliphatic rings. The highest BCUT2D eigenvalue weighted by molar-refractivity contribution is 6.31. The Morgan fingerprint density at radius 1 is 1.11 bits per heavy atom. The van der Waals surface area contributed by atoms with Crippen molar-refractivity contribution in [2.45, 2.75) is 18.4 Å². The molecule has 0 radical (unpaired) electrons. The van der Waals surface area contributed by atoms with Gasteiger partial charge in [-0.2, -0.15) is 5.26 Å². The number of benzene rings is 2. The highest BCUT2D eigenvalue weighted by Crippen LogP contribution is 2.40. The summed E-state index contributed by atoms with van der Waals surface area (Å²) in [7, 11) is 0. The Morgan fingerprint density at radius 2 is 1.85 bits per heavy atom. The summed E-state index contributed by atoms with van der Waals surface area (Å²) in [5.74, 6) is 0. The van der Waals surface area contributed by atoms with Gasteiger partial charge in [-0.25, -0.2) is 0 Å². The van der Waals surface area contributed by atoms with Gasteiger partial charge in [-0.1, -0.05) is 41.4 Å². The maximum absolute atomic E-state index is 11.2. The molecule has 0 unspecified atom stereocenters. The van der Waals surface area contributed by atoms with E-state index in [0.717, 1.165) is 22.2 Å². The van der Waals surface area contributed by atoms with Gasteiger partial charge in [-0.05, 0) is 37.1 Å². The van der Waals surface area contributed by atoms with E-state index in [2.05, 4.69) is 16.0 Å². The van der Waals surface area contributed by atoms with Crippen LogP contribution in [0.25, 0.3) is 10.9 Å². The lowest BCUT2D eigenvalue weighted by Crippen LogP contribution is -2.43. The third-order valence-corrected chi connectivity index (χ3v) is 5.77. The Bertz CT molecular complexity index is 1050. The third-order valence-electron chi connectivity index (χ3n) is 5.20. The van der Waals surface area contributed by atoms with Crippen molar-refractivity contribution in [2.24, 2.45) is 0 Å². The number of piperidine rings is 1. The van der Waals surface area contributed by atoms with Gasteiger partial charge in [0.1, 0.15) is 6.07 Å². The molecule has 0 atom stereocenters. The lowest BCUT2D eigenvalue weighted by Gasteiger charge is -2.40. The molecule has 1 aliphatic heterocycles. The second kappa shape index (κ2) is 7.01. The summed E-state index contributed by atoms with van der Waals surface area (Å²) in [5, 5.41) is 22.8. The van der Waals surface area contributed by atoms with E-state index >= 15 is 0 Å². The van der Waals surface area contributed by atoms with Gasteiger partial charge in [0.05, 0.1) is 22.4 Å². The first-order valence-corrected chi connectivity index (χ1v) is 9.48. The fourth-order valence-electron chi connectivity index (χ4n) is 3.78. The number of pyridine rings is 1. The normalized spacial score (nSPS) is 16.3. The van der Waals surface area contributed by atoms with Crippen LogP contribution >= 0.6 is 23.2 Å². The van der Waals surface area contributed by atoms with Crippen LogP contribution in [0.15, 0.2) is 48.7 Å². The molecule has 6 heteroatoms. The SMILES string of the molecule is N#Cc1cnc2ccc(Cl)cc2c1N1CCC(O)(c2ccccc2Cl)CC1. The topological polar surface area (TPSA) is 60.2 Å². The van der Waals surface area contributed by atoms with Crippen LogP contribution in [0.5, 0.6) is 0 Å². The van der Waals surface area contributed by atoms with E-state index in [9.17, 15) is 10.4 Å². The molecule has 4 rings (SSSR count). The van der Waals surface area contributed by atoms with E-state index in [4.69, 9.17) is 23.2 Å². The number of nitrogens with zero attached hydrogens (tertiary/aromatic N) is 3. The highest BCUT2D eigenvalue weighted by Gasteiger charge is 2.36. The second-order valence-electron chi connectivity index (χ2n) is 6.79. The Kier molecular flexibility index (Phi) is 4.69. The van der Waals surface area contributed by atoms with Crippen molar-refractivity contribution in [2.75, 3.05) is 18.0 Å². The lowest BCUT2D eigenvalue weighted by atomic mass is 9.84. The van der Waals surface area contributed by atoms with Crippen molar-refractivity contribution in [1.82, 2.24) is 4.98 Å². The van der Waals surface area contributed by atoms with E-state index in [1.54, 1.807) is 18.3 Å². The van der Waals surface area contributed by atoms with Crippen LogP contribution in [-0.2, 0) is 5.60 Å². The molecule has 0 amide bonds. The minimum atomic E-state index is -0.970. The molecule has 3 aromatic rings. The molecule has 0 aliphatic carbocycles. The summed E-state index contributed by atoms with van der Waals surface area (Å²) in [4.78, 5) is 6.49. The van der Waals surface area contributed by atoms with Crippen molar-refractivity contribution < 1.29 is 5.11 Å². The monoisotopic (exact) mass is 397 g/mol. The number of fused-ring (bicyclic) bond motifs is 1. The van der Waals surface area contributed by atoms with Gasteiger partial charge >= 0.3 is 0 Å². The minimum absolute atomic E-state index is 0.507. The molecule has 1 fully saturated rings. The fraction of sp³-hybridized carbons (Fsp3) is 0.238. The Labute approximate surface area is 167 Å². The molecule has 1 N–H and O–H groups in total. The van der Waals surface area contributed by atoms with Gasteiger partial charge in [-0.15, -0.1) is 0 Å². The van der Waals surface area contributed by atoms with Crippen molar-refractivity contribution >= 4 is 39.8 Å². The van der Waals surface area contributed by atoms with Gasteiger partial charge in [0.2, 0.25) is 0 Å². The Balaban J connectivity index is 1.70. The minimum Gasteiger partial charge on any atom is -0.385 e. The van der Waals surface area contributed by atoms with E-state index in [0.29, 0.717) is 41.5 Å². The number of rotatable bonds is 2. The lowest BCUT2D eigenvalue weighted by molar-refractivity contribution is 0.0119. The average Bonchev–Trinajstić information content (AvgIpc) is 2.68. The van der Waals surface area contributed by atoms with Crippen LogP contribution < -0.4 is 4.90 Å².